The molecule has 98 valence electrons. The highest BCUT2D eigenvalue weighted by molar-refractivity contribution is 5.84. The van der Waals surface area contributed by atoms with Crippen LogP contribution in [0, 0.1) is 0 Å². The van der Waals surface area contributed by atoms with Gasteiger partial charge in [0.05, 0.1) is 14.2 Å². The molecule has 0 spiro atoms. The Kier molecular flexibility index (Phi) is 4.14. The summed E-state index contributed by atoms with van der Waals surface area (Å²) in [5.41, 5.74) is -1.22. The van der Waals surface area contributed by atoms with Gasteiger partial charge in [-0.25, -0.2) is 4.79 Å². The molecule has 0 aromatic heterocycles. The van der Waals surface area contributed by atoms with E-state index in [1.54, 1.807) is 18.2 Å². The van der Waals surface area contributed by atoms with E-state index in [0.29, 0.717) is 23.5 Å². The van der Waals surface area contributed by atoms with E-state index in [0.717, 1.165) is 0 Å². The van der Waals surface area contributed by atoms with Gasteiger partial charge in [0.1, 0.15) is 11.5 Å². The smallest absolute Gasteiger partial charge is 0.333 e. The maximum absolute atomic E-state index is 11.3. The summed E-state index contributed by atoms with van der Waals surface area (Å²) in [6.45, 7) is 1.38. The molecule has 0 radical (unpaired) electrons. The number of methoxy groups -OCH3 is 2. The number of rotatable bonds is 6. The van der Waals surface area contributed by atoms with Crippen molar-refractivity contribution in [1.29, 1.82) is 0 Å². The first-order chi connectivity index (χ1) is 8.49. The number of carbonyl (C=O) groups is 2. The van der Waals surface area contributed by atoms with E-state index in [-0.39, 0.29) is 0 Å². The van der Waals surface area contributed by atoms with Crippen molar-refractivity contribution < 1.29 is 24.2 Å². The van der Waals surface area contributed by atoms with E-state index in [1.165, 1.54) is 21.1 Å². The van der Waals surface area contributed by atoms with Crippen LogP contribution in [0.3, 0.4) is 0 Å². The summed E-state index contributed by atoms with van der Waals surface area (Å²) in [7, 11) is 2.91. The van der Waals surface area contributed by atoms with Crippen LogP contribution in [0.25, 0.3) is 0 Å². The number of hydrogen-bond acceptors (Lipinski definition) is 4. The number of carboxylic acids is 1. The van der Waals surface area contributed by atoms with Crippen molar-refractivity contribution in [2.24, 2.45) is 0 Å². The molecule has 0 saturated carbocycles. The van der Waals surface area contributed by atoms with Gasteiger partial charge in [0.2, 0.25) is 6.41 Å². The number of nitrogens with one attached hydrogen (secondary N) is 1. The summed E-state index contributed by atoms with van der Waals surface area (Å²) < 4.78 is 10.2. The summed E-state index contributed by atoms with van der Waals surface area (Å²) in [6, 6.07) is 4.71. The lowest BCUT2D eigenvalue weighted by molar-refractivity contribution is -0.146. The molecule has 0 aliphatic carbocycles. The van der Waals surface area contributed by atoms with E-state index >= 15 is 0 Å². The molecule has 6 heteroatoms. The fourth-order valence-electron chi connectivity index (χ4n) is 1.58. The molecule has 1 unspecified atom stereocenters. The molecule has 0 heterocycles. The Morgan fingerprint density at radius 3 is 2.50 bits per heavy atom. The van der Waals surface area contributed by atoms with Crippen molar-refractivity contribution in [3.8, 4) is 11.5 Å². The fourth-order valence-corrected chi connectivity index (χ4v) is 1.58. The molecule has 1 atom stereocenters. The van der Waals surface area contributed by atoms with Crippen molar-refractivity contribution in [2.75, 3.05) is 14.2 Å². The summed E-state index contributed by atoms with van der Waals surface area (Å²) in [5.74, 6) is -0.318. The monoisotopic (exact) mass is 253 g/mol. The lowest BCUT2D eigenvalue weighted by atomic mass is 9.91. The third-order valence-corrected chi connectivity index (χ3v) is 2.72. The minimum absolute atomic E-state index is 0.327. The second-order valence-corrected chi connectivity index (χ2v) is 3.76. The van der Waals surface area contributed by atoms with Crippen molar-refractivity contribution >= 4 is 12.4 Å². The highest BCUT2D eigenvalue weighted by atomic mass is 16.5. The van der Waals surface area contributed by atoms with Crippen LogP contribution >= 0.6 is 0 Å². The Morgan fingerprint density at radius 2 is 2.06 bits per heavy atom. The number of amides is 1. The Balaban J connectivity index is 3.36. The molecule has 0 bridgehead atoms. The molecule has 0 aliphatic heterocycles. The first-order valence-corrected chi connectivity index (χ1v) is 5.16. The van der Waals surface area contributed by atoms with Crippen molar-refractivity contribution in [1.82, 2.24) is 5.32 Å². The zero-order valence-corrected chi connectivity index (χ0v) is 10.4. The van der Waals surface area contributed by atoms with Gasteiger partial charge in [-0.2, -0.15) is 0 Å². The van der Waals surface area contributed by atoms with Gasteiger partial charge in [-0.05, 0) is 19.1 Å². The maximum atomic E-state index is 11.3. The summed E-state index contributed by atoms with van der Waals surface area (Å²) in [6.07, 6.45) is 0.345. The number of aliphatic carboxylic acids is 1. The lowest BCUT2D eigenvalue weighted by Gasteiger charge is -2.26. The second-order valence-electron chi connectivity index (χ2n) is 3.76. The van der Waals surface area contributed by atoms with Gasteiger partial charge in [0.15, 0.2) is 5.54 Å². The van der Waals surface area contributed by atoms with Gasteiger partial charge in [-0.3, -0.25) is 4.79 Å². The first kappa shape index (κ1) is 13.8. The topological polar surface area (TPSA) is 84.9 Å². The summed E-state index contributed by atoms with van der Waals surface area (Å²) in [5, 5.41) is 11.5. The highest BCUT2D eigenvalue weighted by Crippen LogP contribution is 2.33. The van der Waals surface area contributed by atoms with Crippen LogP contribution in [0.4, 0.5) is 0 Å². The zero-order valence-electron chi connectivity index (χ0n) is 10.4. The van der Waals surface area contributed by atoms with E-state index in [4.69, 9.17) is 9.47 Å². The number of benzene rings is 1. The third kappa shape index (κ3) is 2.37. The van der Waals surface area contributed by atoms with E-state index in [1.807, 2.05) is 0 Å². The molecule has 0 fully saturated rings. The summed E-state index contributed by atoms with van der Waals surface area (Å²) >= 11 is 0. The maximum Gasteiger partial charge on any atom is 0.333 e. The Labute approximate surface area is 105 Å². The first-order valence-electron chi connectivity index (χ1n) is 5.16. The predicted molar refractivity (Wildman–Crippen MR) is 63.7 cm³/mol. The van der Waals surface area contributed by atoms with Crippen LogP contribution in [-0.2, 0) is 15.1 Å². The van der Waals surface area contributed by atoms with Gasteiger partial charge in [0, 0.05) is 11.6 Å². The Hall–Kier alpha value is -2.24. The predicted octanol–water partition coefficient (Wildman–Crippen LogP) is 0.750. The van der Waals surface area contributed by atoms with Crippen LogP contribution in [0.1, 0.15) is 12.5 Å². The standard InChI is InChI=1S/C12H15NO5/c1-12(11(15)16,13-7-14)9-5-4-8(17-2)6-10(9)18-3/h4-7H,1-3H3,(H,13,14)(H,15,16). The fraction of sp³-hybridized carbons (Fsp3) is 0.333. The molecule has 2 N–H and O–H groups in total. The van der Waals surface area contributed by atoms with Gasteiger partial charge in [0.25, 0.3) is 0 Å². The van der Waals surface area contributed by atoms with Crippen LogP contribution in [0.15, 0.2) is 18.2 Å². The molecule has 1 aromatic rings. The van der Waals surface area contributed by atoms with Crippen LogP contribution < -0.4 is 14.8 Å². The lowest BCUT2D eigenvalue weighted by Crippen LogP contribution is -2.46. The molecule has 0 aliphatic rings. The second kappa shape index (κ2) is 5.39. The minimum Gasteiger partial charge on any atom is -0.497 e. The van der Waals surface area contributed by atoms with Crippen LogP contribution in [0.2, 0.25) is 0 Å². The molecule has 1 aromatic carbocycles. The number of carbonyl (C=O) groups excluding carboxylic acids is 1. The van der Waals surface area contributed by atoms with Crippen molar-refractivity contribution in [3.05, 3.63) is 23.8 Å². The third-order valence-electron chi connectivity index (χ3n) is 2.72. The van der Waals surface area contributed by atoms with E-state index < -0.39 is 11.5 Å². The van der Waals surface area contributed by atoms with Gasteiger partial charge >= 0.3 is 5.97 Å². The summed E-state index contributed by atoms with van der Waals surface area (Å²) in [4.78, 5) is 21.9. The Morgan fingerprint density at radius 1 is 1.39 bits per heavy atom. The number of hydrogen-bond donors (Lipinski definition) is 2. The molecular formula is C12H15NO5. The van der Waals surface area contributed by atoms with E-state index in [9.17, 15) is 14.7 Å². The number of carboxylic acid groups (broad SMARTS) is 1. The van der Waals surface area contributed by atoms with Gasteiger partial charge in [-0.1, -0.05) is 0 Å². The van der Waals surface area contributed by atoms with Crippen LogP contribution in [0.5, 0.6) is 11.5 Å². The quantitative estimate of drug-likeness (QED) is 0.731. The van der Waals surface area contributed by atoms with Crippen LogP contribution in [-0.4, -0.2) is 31.7 Å². The SMILES string of the molecule is COc1ccc(C(C)(NC=O)C(=O)O)c(OC)c1. The van der Waals surface area contributed by atoms with Crippen molar-refractivity contribution in [2.45, 2.75) is 12.5 Å². The Bertz CT molecular complexity index is 460. The van der Waals surface area contributed by atoms with Crippen molar-refractivity contribution in [3.63, 3.8) is 0 Å². The molecular weight excluding hydrogens is 238 g/mol. The highest BCUT2D eigenvalue weighted by Gasteiger charge is 2.37. The number of ether oxygens (including phenoxy) is 2. The van der Waals surface area contributed by atoms with Gasteiger partial charge < -0.3 is 19.9 Å². The van der Waals surface area contributed by atoms with Gasteiger partial charge in [-0.15, -0.1) is 0 Å². The zero-order chi connectivity index (χ0) is 13.8. The average molecular weight is 253 g/mol. The normalized spacial score (nSPS) is 13.3. The molecule has 1 rings (SSSR count). The molecule has 1 amide bonds. The average Bonchev–Trinajstić information content (AvgIpc) is 2.37. The minimum atomic E-state index is -1.56. The molecule has 0 saturated heterocycles. The van der Waals surface area contributed by atoms with E-state index in [2.05, 4.69) is 5.32 Å². The molecule has 18 heavy (non-hydrogen) atoms. The largest absolute Gasteiger partial charge is 0.497 e. The molecule has 6 nitrogen and oxygen atoms in total.